The molecule has 4 nitrogen and oxygen atoms in total. The third-order valence-electron chi connectivity index (χ3n) is 2.60. The number of piperazine rings is 1. The number of aliphatic hydroxyl groups is 2. The fraction of sp³-hybridized carbons (Fsp3) is 1.00. The third kappa shape index (κ3) is 3.23. The van der Waals surface area contributed by atoms with Gasteiger partial charge in [0.2, 0.25) is 0 Å². The lowest BCUT2D eigenvalue weighted by Crippen LogP contribution is -2.54. The molecule has 0 aliphatic carbocycles. The van der Waals surface area contributed by atoms with Gasteiger partial charge in [-0.25, -0.2) is 0 Å². The minimum Gasteiger partial charge on any atom is -0.395 e. The fourth-order valence-corrected chi connectivity index (χ4v) is 1.62. The average molecular weight is 188 g/mol. The second-order valence-corrected chi connectivity index (χ2v) is 3.60. The lowest BCUT2D eigenvalue weighted by Gasteiger charge is -2.36. The van der Waals surface area contributed by atoms with E-state index < -0.39 is 0 Å². The smallest absolute Gasteiger partial charge is 0.0664 e. The van der Waals surface area contributed by atoms with E-state index in [-0.39, 0.29) is 18.8 Å². The summed E-state index contributed by atoms with van der Waals surface area (Å²) in [6.45, 7) is 5.52. The van der Waals surface area contributed by atoms with Crippen molar-refractivity contribution in [2.45, 2.75) is 25.5 Å². The molecule has 0 radical (unpaired) electrons. The summed E-state index contributed by atoms with van der Waals surface area (Å²) in [6.07, 6.45) is 0.523. The Labute approximate surface area is 79.6 Å². The Kier molecular flexibility index (Phi) is 4.66. The van der Waals surface area contributed by atoms with E-state index in [1.165, 1.54) is 0 Å². The minimum absolute atomic E-state index is 0.170. The van der Waals surface area contributed by atoms with Gasteiger partial charge in [0.25, 0.3) is 0 Å². The van der Waals surface area contributed by atoms with Crippen molar-refractivity contribution in [3.63, 3.8) is 0 Å². The quantitative estimate of drug-likeness (QED) is 0.531. The van der Waals surface area contributed by atoms with Gasteiger partial charge < -0.3 is 15.5 Å². The Morgan fingerprint density at radius 3 is 3.00 bits per heavy atom. The molecule has 0 aromatic heterocycles. The first kappa shape index (κ1) is 10.9. The van der Waals surface area contributed by atoms with Crippen LogP contribution in [0.1, 0.15) is 13.3 Å². The fourth-order valence-electron chi connectivity index (χ4n) is 1.62. The number of rotatable bonds is 4. The van der Waals surface area contributed by atoms with Crippen LogP contribution >= 0.6 is 0 Å². The molecule has 13 heavy (non-hydrogen) atoms. The molecule has 1 aliphatic heterocycles. The van der Waals surface area contributed by atoms with E-state index in [0.29, 0.717) is 6.54 Å². The highest BCUT2D eigenvalue weighted by atomic mass is 16.3. The average Bonchev–Trinajstić information content (AvgIpc) is 2.18. The maximum atomic E-state index is 9.48. The maximum Gasteiger partial charge on any atom is 0.0664 e. The molecule has 0 amide bonds. The molecule has 1 fully saturated rings. The molecule has 4 heteroatoms. The molecular weight excluding hydrogens is 168 g/mol. The van der Waals surface area contributed by atoms with Gasteiger partial charge in [-0.1, -0.05) is 6.92 Å². The number of hydrogen-bond donors (Lipinski definition) is 3. The van der Waals surface area contributed by atoms with Crippen molar-refractivity contribution in [1.29, 1.82) is 0 Å². The van der Waals surface area contributed by atoms with Crippen molar-refractivity contribution < 1.29 is 10.2 Å². The van der Waals surface area contributed by atoms with Gasteiger partial charge in [0.15, 0.2) is 0 Å². The van der Waals surface area contributed by atoms with Gasteiger partial charge in [0, 0.05) is 32.2 Å². The Hall–Kier alpha value is -0.160. The Morgan fingerprint density at radius 2 is 2.38 bits per heavy atom. The highest BCUT2D eigenvalue weighted by Crippen LogP contribution is 2.04. The van der Waals surface area contributed by atoms with E-state index in [9.17, 15) is 5.11 Å². The molecule has 1 heterocycles. The van der Waals surface area contributed by atoms with Crippen LogP contribution in [0.15, 0.2) is 0 Å². The monoisotopic (exact) mass is 188 g/mol. The van der Waals surface area contributed by atoms with Crippen molar-refractivity contribution in [2.24, 2.45) is 0 Å². The first-order valence-corrected chi connectivity index (χ1v) is 5.01. The summed E-state index contributed by atoms with van der Waals surface area (Å²) in [5, 5.41) is 21.8. The van der Waals surface area contributed by atoms with E-state index in [4.69, 9.17) is 5.11 Å². The summed E-state index contributed by atoms with van der Waals surface area (Å²) in [4.78, 5) is 2.16. The zero-order valence-corrected chi connectivity index (χ0v) is 8.24. The minimum atomic E-state index is -0.257. The molecule has 1 rings (SSSR count). The summed E-state index contributed by atoms with van der Waals surface area (Å²) in [6, 6.07) is 0.176. The standard InChI is InChI=1S/C9H20N2O2/c1-2-9(13)6-11-4-3-10-5-8(11)7-12/h8-10,12-13H,2-7H2,1H3/t8-,9+/m0/s1. The van der Waals surface area contributed by atoms with Gasteiger partial charge in [-0.05, 0) is 6.42 Å². The number of nitrogens with zero attached hydrogens (tertiary/aromatic N) is 1. The van der Waals surface area contributed by atoms with Crippen LogP contribution in [0.2, 0.25) is 0 Å². The van der Waals surface area contributed by atoms with Crippen LogP contribution in [-0.4, -0.2) is 60.0 Å². The molecule has 0 unspecified atom stereocenters. The number of β-amino-alcohol motifs (C(OH)–C–C–N with tert-alkyl or cyclic N) is 1. The Morgan fingerprint density at radius 1 is 1.62 bits per heavy atom. The number of nitrogens with one attached hydrogen (secondary N) is 1. The zero-order chi connectivity index (χ0) is 9.68. The first-order valence-electron chi connectivity index (χ1n) is 5.01. The van der Waals surface area contributed by atoms with Crippen LogP contribution < -0.4 is 5.32 Å². The van der Waals surface area contributed by atoms with Gasteiger partial charge >= 0.3 is 0 Å². The topological polar surface area (TPSA) is 55.7 Å². The SMILES string of the molecule is CC[C@@H](O)CN1CCNC[C@H]1CO. The second kappa shape index (κ2) is 5.54. The van der Waals surface area contributed by atoms with Gasteiger partial charge in [-0.2, -0.15) is 0 Å². The van der Waals surface area contributed by atoms with Gasteiger partial charge in [-0.3, -0.25) is 4.90 Å². The van der Waals surface area contributed by atoms with E-state index in [1.54, 1.807) is 0 Å². The van der Waals surface area contributed by atoms with E-state index in [1.807, 2.05) is 6.92 Å². The van der Waals surface area contributed by atoms with Crippen LogP contribution in [0.3, 0.4) is 0 Å². The lowest BCUT2D eigenvalue weighted by molar-refractivity contribution is 0.0479. The van der Waals surface area contributed by atoms with Crippen molar-refractivity contribution in [3.05, 3.63) is 0 Å². The predicted octanol–water partition coefficient (Wildman–Crippen LogP) is -0.977. The highest BCUT2D eigenvalue weighted by Gasteiger charge is 2.22. The zero-order valence-electron chi connectivity index (χ0n) is 8.24. The molecule has 0 spiro atoms. The highest BCUT2D eigenvalue weighted by molar-refractivity contribution is 4.80. The van der Waals surface area contributed by atoms with Crippen molar-refractivity contribution in [1.82, 2.24) is 10.2 Å². The maximum absolute atomic E-state index is 9.48. The van der Waals surface area contributed by atoms with E-state index in [0.717, 1.165) is 26.1 Å². The van der Waals surface area contributed by atoms with Crippen molar-refractivity contribution in [3.8, 4) is 0 Å². The summed E-state index contributed by atoms with van der Waals surface area (Å²) < 4.78 is 0. The van der Waals surface area contributed by atoms with Gasteiger partial charge in [0.1, 0.15) is 0 Å². The summed E-state index contributed by atoms with van der Waals surface area (Å²) >= 11 is 0. The summed E-state index contributed by atoms with van der Waals surface area (Å²) in [5.41, 5.74) is 0. The molecule has 78 valence electrons. The van der Waals surface area contributed by atoms with Gasteiger partial charge in [0.05, 0.1) is 12.7 Å². The molecule has 1 aliphatic rings. The molecule has 0 bridgehead atoms. The molecule has 0 saturated carbocycles. The molecule has 3 N–H and O–H groups in total. The molecule has 2 atom stereocenters. The molecule has 0 aromatic carbocycles. The largest absolute Gasteiger partial charge is 0.395 e. The van der Waals surface area contributed by atoms with Crippen LogP contribution in [0.5, 0.6) is 0 Å². The predicted molar refractivity (Wildman–Crippen MR) is 51.6 cm³/mol. The normalized spacial score (nSPS) is 27.5. The first-order chi connectivity index (χ1) is 6.27. The van der Waals surface area contributed by atoms with Crippen molar-refractivity contribution >= 4 is 0 Å². The van der Waals surface area contributed by atoms with Crippen LogP contribution in [0.4, 0.5) is 0 Å². The lowest BCUT2D eigenvalue weighted by atomic mass is 10.1. The summed E-state index contributed by atoms with van der Waals surface area (Å²) in [7, 11) is 0. The Balaban J connectivity index is 2.35. The Bertz CT molecular complexity index is 144. The van der Waals surface area contributed by atoms with Gasteiger partial charge in [-0.15, -0.1) is 0 Å². The summed E-state index contributed by atoms with van der Waals surface area (Å²) in [5.74, 6) is 0. The van der Waals surface area contributed by atoms with Crippen LogP contribution in [0.25, 0.3) is 0 Å². The molecule has 1 saturated heterocycles. The number of hydrogen-bond acceptors (Lipinski definition) is 4. The molecule has 0 aromatic rings. The van der Waals surface area contributed by atoms with Crippen LogP contribution in [-0.2, 0) is 0 Å². The third-order valence-corrected chi connectivity index (χ3v) is 2.60. The van der Waals surface area contributed by atoms with E-state index >= 15 is 0 Å². The van der Waals surface area contributed by atoms with E-state index in [2.05, 4.69) is 10.2 Å². The van der Waals surface area contributed by atoms with Crippen LogP contribution in [0, 0.1) is 0 Å². The second-order valence-electron chi connectivity index (χ2n) is 3.60. The molecular formula is C9H20N2O2. The number of aliphatic hydroxyl groups excluding tert-OH is 2. The van der Waals surface area contributed by atoms with Crippen molar-refractivity contribution in [2.75, 3.05) is 32.8 Å².